The van der Waals surface area contributed by atoms with E-state index in [0.717, 1.165) is 18.4 Å². The van der Waals surface area contributed by atoms with Crippen molar-refractivity contribution in [3.63, 3.8) is 0 Å². The van der Waals surface area contributed by atoms with Crippen LogP contribution in [0.25, 0.3) is 0 Å². The van der Waals surface area contributed by atoms with E-state index in [1.165, 1.54) is 96.3 Å². The number of unbranched alkanes of at least 4 members (excludes halogenated alkanes) is 15. The van der Waals surface area contributed by atoms with Gasteiger partial charge in [-0.15, -0.1) is 0 Å². The van der Waals surface area contributed by atoms with Crippen LogP contribution in [0, 0.1) is 11.3 Å². The lowest BCUT2D eigenvalue weighted by molar-refractivity contribution is -0.00349. The van der Waals surface area contributed by atoms with Crippen LogP contribution in [-0.4, -0.2) is 17.8 Å². The molecule has 0 fully saturated rings. The maximum absolute atomic E-state index is 9.58. The Balaban J connectivity index is 1.93. The minimum atomic E-state index is -0.147. The van der Waals surface area contributed by atoms with Gasteiger partial charge in [-0.05, 0) is 30.2 Å². The smallest absolute Gasteiger partial charge is 0.0992 e. The minimum Gasteiger partial charge on any atom is -0.394 e. The van der Waals surface area contributed by atoms with Crippen molar-refractivity contribution in [2.75, 3.05) is 6.61 Å². The molecule has 3 nitrogen and oxygen atoms in total. The summed E-state index contributed by atoms with van der Waals surface area (Å²) < 4.78 is 5.84. The molecular weight excluding hydrogens is 418 g/mol. The fourth-order valence-electron chi connectivity index (χ4n) is 4.16. The second-order valence-corrected chi connectivity index (χ2v) is 9.60. The van der Waals surface area contributed by atoms with Gasteiger partial charge in [0.15, 0.2) is 0 Å². The summed E-state index contributed by atoms with van der Waals surface area (Å²) in [4.78, 5) is 0. The molecule has 0 unspecified atom stereocenters. The molecule has 0 aliphatic rings. The van der Waals surface area contributed by atoms with E-state index in [1.807, 2.05) is 6.07 Å². The molecule has 0 saturated carbocycles. The largest absolute Gasteiger partial charge is 0.394 e. The number of ether oxygens (including phenoxy) is 1. The molecule has 0 saturated heterocycles. The Labute approximate surface area is 202 Å². The minimum absolute atomic E-state index is 0.0322. The summed E-state index contributed by atoms with van der Waals surface area (Å²) in [7, 11) is 0. The van der Waals surface area contributed by atoms with Crippen LogP contribution in [0.5, 0.6) is 0 Å². The van der Waals surface area contributed by atoms with Crippen LogP contribution < -0.4 is 0 Å². The number of benzene rings is 1. The van der Waals surface area contributed by atoms with Crippen molar-refractivity contribution in [3.05, 3.63) is 34.3 Å². The highest BCUT2D eigenvalue weighted by atomic mass is 35.5. The first-order valence-corrected chi connectivity index (χ1v) is 13.5. The summed E-state index contributed by atoms with van der Waals surface area (Å²) in [5.41, 5.74) is 1.41. The SMILES string of the molecule is CCCCCCCCCCCCCCCCCC[C@@H](CO)OCc1cc(Cl)cc(C#N)c1. The molecule has 1 atom stereocenters. The highest BCUT2D eigenvalue weighted by molar-refractivity contribution is 6.30. The molecule has 0 spiro atoms. The number of hydrogen-bond donors (Lipinski definition) is 1. The first-order chi connectivity index (χ1) is 15.7. The Kier molecular flexibility index (Phi) is 18.6. The van der Waals surface area contributed by atoms with Gasteiger partial charge in [-0.1, -0.05) is 121 Å². The average molecular weight is 464 g/mol. The number of rotatable bonds is 21. The molecule has 32 heavy (non-hydrogen) atoms. The highest BCUT2D eigenvalue weighted by Crippen LogP contribution is 2.18. The summed E-state index contributed by atoms with van der Waals surface area (Å²) in [6, 6.07) is 7.35. The molecule has 1 aromatic carbocycles. The molecule has 0 aliphatic heterocycles. The molecule has 4 heteroatoms. The van der Waals surface area contributed by atoms with Crippen molar-refractivity contribution in [1.29, 1.82) is 5.26 Å². The maximum atomic E-state index is 9.58. The van der Waals surface area contributed by atoms with Gasteiger partial charge >= 0.3 is 0 Å². The number of aliphatic hydroxyl groups is 1. The van der Waals surface area contributed by atoms with E-state index in [4.69, 9.17) is 21.6 Å². The van der Waals surface area contributed by atoms with Gasteiger partial charge in [0.25, 0.3) is 0 Å². The Hall–Kier alpha value is -1.08. The van der Waals surface area contributed by atoms with Crippen LogP contribution >= 0.6 is 11.6 Å². The highest BCUT2D eigenvalue weighted by Gasteiger charge is 2.09. The zero-order chi connectivity index (χ0) is 23.3. The number of halogens is 1. The first kappa shape index (κ1) is 29.0. The van der Waals surface area contributed by atoms with Crippen molar-refractivity contribution in [2.24, 2.45) is 0 Å². The number of aliphatic hydroxyl groups excluding tert-OH is 1. The Bertz CT molecular complexity index is 614. The standard InChI is InChI=1S/C28H46ClNO2/c1-2-3-4-5-6-7-8-9-10-11-12-13-14-15-16-17-18-28(23-31)32-24-26-19-25(22-30)20-27(29)21-26/h19-21,28,31H,2-18,23-24H2,1H3/t28-/m0/s1. The zero-order valence-electron chi connectivity index (χ0n) is 20.4. The van der Waals surface area contributed by atoms with Crippen LogP contribution in [0.15, 0.2) is 18.2 Å². The quantitative estimate of drug-likeness (QED) is 0.185. The molecule has 0 aromatic heterocycles. The van der Waals surface area contributed by atoms with Crippen molar-refractivity contribution >= 4 is 11.6 Å². The molecule has 0 aliphatic carbocycles. The van der Waals surface area contributed by atoms with Crippen molar-refractivity contribution in [3.8, 4) is 6.07 Å². The molecule has 1 N–H and O–H groups in total. The molecule has 0 radical (unpaired) electrons. The van der Waals surface area contributed by atoms with Crippen molar-refractivity contribution < 1.29 is 9.84 Å². The predicted octanol–water partition coefficient (Wildman–Crippen LogP) is 8.74. The molecule has 1 aromatic rings. The summed E-state index contributed by atoms with van der Waals surface area (Å²) in [6.45, 7) is 2.69. The van der Waals surface area contributed by atoms with E-state index in [1.54, 1.807) is 12.1 Å². The third kappa shape index (κ3) is 15.7. The third-order valence-electron chi connectivity index (χ3n) is 6.16. The maximum Gasteiger partial charge on any atom is 0.0992 e. The van der Waals surface area contributed by atoms with E-state index in [-0.39, 0.29) is 12.7 Å². The van der Waals surface area contributed by atoms with E-state index < -0.39 is 0 Å². The fraction of sp³-hybridized carbons (Fsp3) is 0.750. The average Bonchev–Trinajstić information content (AvgIpc) is 2.80. The van der Waals surface area contributed by atoms with E-state index in [9.17, 15) is 5.11 Å². The van der Waals surface area contributed by atoms with Gasteiger partial charge in [-0.2, -0.15) is 5.26 Å². The lowest BCUT2D eigenvalue weighted by Gasteiger charge is -2.15. The molecule has 1 rings (SSSR count). The number of hydrogen-bond acceptors (Lipinski definition) is 3. The normalized spacial score (nSPS) is 12.1. The number of nitriles is 1. The summed E-state index contributed by atoms with van der Waals surface area (Å²) in [6.07, 6.45) is 22.5. The van der Waals surface area contributed by atoms with E-state index >= 15 is 0 Å². The van der Waals surface area contributed by atoms with Gasteiger partial charge in [0.05, 0.1) is 31.0 Å². The van der Waals surface area contributed by atoms with Gasteiger partial charge < -0.3 is 9.84 Å². The van der Waals surface area contributed by atoms with E-state index in [2.05, 4.69) is 13.0 Å². The molecule has 0 amide bonds. The number of nitrogens with zero attached hydrogens (tertiary/aromatic N) is 1. The van der Waals surface area contributed by atoms with Crippen LogP contribution in [0.1, 0.15) is 127 Å². The summed E-state index contributed by atoms with van der Waals surface area (Å²) in [5, 5.41) is 19.2. The molecule has 0 bridgehead atoms. The summed E-state index contributed by atoms with van der Waals surface area (Å²) in [5.74, 6) is 0. The molecular formula is C28H46ClNO2. The van der Waals surface area contributed by atoms with Crippen LogP contribution in [0.3, 0.4) is 0 Å². The van der Waals surface area contributed by atoms with Gasteiger partial charge in [-0.25, -0.2) is 0 Å². The predicted molar refractivity (Wildman–Crippen MR) is 136 cm³/mol. The van der Waals surface area contributed by atoms with Crippen LogP contribution in [0.2, 0.25) is 5.02 Å². The van der Waals surface area contributed by atoms with Gasteiger partial charge in [0.1, 0.15) is 0 Å². The Morgan fingerprint density at radius 1 is 0.812 bits per heavy atom. The van der Waals surface area contributed by atoms with E-state index in [0.29, 0.717) is 17.2 Å². The van der Waals surface area contributed by atoms with Gasteiger partial charge in [-0.3, -0.25) is 0 Å². The monoisotopic (exact) mass is 463 g/mol. The molecule has 182 valence electrons. The lowest BCUT2D eigenvalue weighted by Crippen LogP contribution is -2.17. The second kappa shape index (κ2) is 20.5. The van der Waals surface area contributed by atoms with Crippen LogP contribution in [0.4, 0.5) is 0 Å². The Morgan fingerprint density at radius 2 is 1.31 bits per heavy atom. The second-order valence-electron chi connectivity index (χ2n) is 9.17. The topological polar surface area (TPSA) is 53.2 Å². The van der Waals surface area contributed by atoms with Crippen molar-refractivity contribution in [2.45, 2.75) is 129 Å². The summed E-state index contributed by atoms with van der Waals surface area (Å²) >= 11 is 6.03. The third-order valence-corrected chi connectivity index (χ3v) is 6.37. The van der Waals surface area contributed by atoms with Crippen LogP contribution in [-0.2, 0) is 11.3 Å². The Morgan fingerprint density at radius 3 is 1.78 bits per heavy atom. The zero-order valence-corrected chi connectivity index (χ0v) is 21.2. The van der Waals surface area contributed by atoms with Gasteiger partial charge in [0.2, 0.25) is 0 Å². The lowest BCUT2D eigenvalue weighted by atomic mass is 10.0. The molecule has 0 heterocycles. The van der Waals surface area contributed by atoms with Crippen molar-refractivity contribution in [1.82, 2.24) is 0 Å². The fourth-order valence-corrected chi connectivity index (χ4v) is 4.42. The van der Waals surface area contributed by atoms with Gasteiger partial charge in [0, 0.05) is 5.02 Å². The first-order valence-electron chi connectivity index (χ1n) is 13.1.